The van der Waals surface area contributed by atoms with Crippen molar-refractivity contribution < 1.29 is 14.6 Å². The molecule has 1 saturated carbocycles. The predicted octanol–water partition coefficient (Wildman–Crippen LogP) is 3.19. The van der Waals surface area contributed by atoms with Crippen LogP contribution < -0.4 is 10.1 Å². The minimum Gasteiger partial charge on any atom is -0.473 e. The quantitative estimate of drug-likeness (QED) is 0.682. The lowest BCUT2D eigenvalue weighted by Crippen LogP contribution is -2.48. The zero-order valence-corrected chi connectivity index (χ0v) is 15.8. The maximum Gasteiger partial charge on any atom is 0.407 e. The van der Waals surface area contributed by atoms with Crippen molar-refractivity contribution in [2.24, 2.45) is 0 Å². The summed E-state index contributed by atoms with van der Waals surface area (Å²) in [6, 6.07) is 8.44. The first kappa shape index (κ1) is 17.2. The van der Waals surface area contributed by atoms with E-state index in [0.29, 0.717) is 25.0 Å². The van der Waals surface area contributed by atoms with Crippen molar-refractivity contribution in [3.63, 3.8) is 0 Å². The van der Waals surface area contributed by atoms with E-state index in [1.807, 2.05) is 18.2 Å². The van der Waals surface area contributed by atoms with Crippen molar-refractivity contribution >= 4 is 32.8 Å². The van der Waals surface area contributed by atoms with Crippen LogP contribution >= 0.6 is 11.3 Å². The third-order valence-electron chi connectivity index (χ3n) is 5.22. The molecule has 0 unspecified atom stereocenters. The van der Waals surface area contributed by atoms with Crippen LogP contribution in [0.15, 0.2) is 36.7 Å². The van der Waals surface area contributed by atoms with Crippen LogP contribution in [0.5, 0.6) is 5.88 Å². The summed E-state index contributed by atoms with van der Waals surface area (Å²) in [7, 11) is 0. The van der Waals surface area contributed by atoms with Crippen molar-refractivity contribution in [1.82, 2.24) is 19.9 Å². The molecule has 1 aliphatic heterocycles. The van der Waals surface area contributed by atoms with Crippen LogP contribution in [0.2, 0.25) is 0 Å². The molecule has 0 bridgehead atoms. The van der Waals surface area contributed by atoms with Crippen LogP contribution in [0.4, 0.5) is 9.93 Å². The molecule has 2 fully saturated rings. The number of carbonyl (C=O) groups is 1. The Kier molecular flexibility index (Phi) is 4.23. The predicted molar refractivity (Wildman–Crippen MR) is 105 cm³/mol. The number of hydrogen-bond donors (Lipinski definition) is 2. The molecule has 1 amide bonds. The molecule has 3 aromatic rings. The fourth-order valence-electron chi connectivity index (χ4n) is 3.56. The largest absolute Gasteiger partial charge is 0.473 e. The number of amides is 1. The van der Waals surface area contributed by atoms with E-state index in [1.165, 1.54) is 9.60 Å². The summed E-state index contributed by atoms with van der Waals surface area (Å²) in [5, 5.41) is 13.4. The van der Waals surface area contributed by atoms with E-state index in [2.05, 4.69) is 26.3 Å². The lowest BCUT2D eigenvalue weighted by molar-refractivity contribution is 0.0884. The Labute approximate surface area is 165 Å². The SMILES string of the molecule is O=C(O)N1CC(c2nccnc2OC2CC(Nc3nc4ccccc4s3)C2)C1. The van der Waals surface area contributed by atoms with E-state index in [-0.39, 0.29) is 12.0 Å². The number of rotatable bonds is 5. The number of nitrogens with zero attached hydrogens (tertiary/aromatic N) is 4. The number of likely N-dealkylation sites (tertiary alicyclic amines) is 1. The van der Waals surface area contributed by atoms with E-state index >= 15 is 0 Å². The number of fused-ring (bicyclic) bond motifs is 1. The molecule has 144 valence electrons. The molecule has 1 aromatic carbocycles. The number of para-hydroxylation sites is 1. The van der Waals surface area contributed by atoms with Gasteiger partial charge in [-0.15, -0.1) is 0 Å². The van der Waals surface area contributed by atoms with Crippen molar-refractivity contribution in [2.45, 2.75) is 30.9 Å². The van der Waals surface area contributed by atoms with Gasteiger partial charge >= 0.3 is 6.09 Å². The lowest BCUT2D eigenvalue weighted by atomic mass is 9.89. The number of benzene rings is 1. The molecule has 5 rings (SSSR count). The van der Waals surface area contributed by atoms with Crippen LogP contribution in [-0.2, 0) is 0 Å². The molecular formula is C19H19N5O3S. The van der Waals surface area contributed by atoms with Gasteiger partial charge in [0, 0.05) is 50.3 Å². The molecular weight excluding hydrogens is 378 g/mol. The van der Waals surface area contributed by atoms with Crippen LogP contribution in [0.25, 0.3) is 10.2 Å². The summed E-state index contributed by atoms with van der Waals surface area (Å²) >= 11 is 1.66. The highest BCUT2D eigenvalue weighted by atomic mass is 32.1. The second kappa shape index (κ2) is 6.90. The van der Waals surface area contributed by atoms with Gasteiger partial charge in [0.05, 0.1) is 10.2 Å². The average Bonchev–Trinajstić information content (AvgIpc) is 3.02. The monoisotopic (exact) mass is 397 g/mol. The number of ether oxygens (including phenoxy) is 1. The Bertz CT molecular complexity index is 980. The second-order valence-electron chi connectivity index (χ2n) is 7.17. The molecule has 2 aromatic heterocycles. The van der Waals surface area contributed by atoms with Crippen LogP contribution in [0.3, 0.4) is 0 Å². The third-order valence-corrected chi connectivity index (χ3v) is 6.19. The zero-order chi connectivity index (χ0) is 19.1. The van der Waals surface area contributed by atoms with Crippen LogP contribution in [0.1, 0.15) is 24.5 Å². The summed E-state index contributed by atoms with van der Waals surface area (Å²) in [5.41, 5.74) is 1.77. The van der Waals surface area contributed by atoms with Crippen molar-refractivity contribution in [3.8, 4) is 5.88 Å². The standard InChI is InChI=1S/C19H19N5O3S/c25-19(26)24-9-11(10-24)16-17(21-6-5-20-16)27-13-7-12(8-13)22-18-23-14-3-1-2-4-15(14)28-18/h1-6,11-13H,7-10H2,(H,22,23)(H,25,26). The summed E-state index contributed by atoms with van der Waals surface area (Å²) in [6.07, 6.45) is 4.17. The fourth-order valence-corrected chi connectivity index (χ4v) is 4.50. The Morgan fingerprint density at radius 3 is 2.79 bits per heavy atom. The van der Waals surface area contributed by atoms with Gasteiger partial charge in [0.1, 0.15) is 11.8 Å². The van der Waals surface area contributed by atoms with E-state index in [1.54, 1.807) is 23.7 Å². The van der Waals surface area contributed by atoms with Crippen LogP contribution in [0, 0.1) is 0 Å². The zero-order valence-electron chi connectivity index (χ0n) is 15.0. The van der Waals surface area contributed by atoms with Crippen molar-refractivity contribution in [1.29, 1.82) is 0 Å². The first-order chi connectivity index (χ1) is 13.7. The number of anilines is 1. The minimum atomic E-state index is -0.898. The van der Waals surface area contributed by atoms with Crippen molar-refractivity contribution in [2.75, 3.05) is 18.4 Å². The number of nitrogens with one attached hydrogen (secondary N) is 1. The molecule has 0 radical (unpaired) electrons. The van der Waals surface area contributed by atoms with Gasteiger partial charge in [-0.05, 0) is 12.1 Å². The molecule has 2 aliphatic rings. The second-order valence-corrected chi connectivity index (χ2v) is 8.20. The maximum atomic E-state index is 11.0. The highest BCUT2D eigenvalue weighted by Gasteiger charge is 2.37. The number of aromatic nitrogens is 3. The van der Waals surface area contributed by atoms with E-state index in [9.17, 15) is 4.79 Å². The van der Waals surface area contributed by atoms with Gasteiger partial charge < -0.3 is 20.1 Å². The summed E-state index contributed by atoms with van der Waals surface area (Å²) in [6.45, 7) is 0.883. The molecule has 28 heavy (non-hydrogen) atoms. The van der Waals surface area contributed by atoms with Gasteiger partial charge in [-0.2, -0.15) is 0 Å². The minimum absolute atomic E-state index is 0.0524. The molecule has 9 heteroatoms. The lowest BCUT2D eigenvalue weighted by Gasteiger charge is -2.38. The Morgan fingerprint density at radius 2 is 2.00 bits per heavy atom. The first-order valence-corrected chi connectivity index (χ1v) is 10.0. The molecule has 3 heterocycles. The molecule has 1 aliphatic carbocycles. The Hall–Kier alpha value is -2.94. The third kappa shape index (κ3) is 3.22. The van der Waals surface area contributed by atoms with E-state index in [4.69, 9.17) is 9.84 Å². The van der Waals surface area contributed by atoms with Gasteiger partial charge in [0.2, 0.25) is 5.88 Å². The van der Waals surface area contributed by atoms with E-state index in [0.717, 1.165) is 29.2 Å². The topological polar surface area (TPSA) is 100 Å². The summed E-state index contributed by atoms with van der Waals surface area (Å²) in [5.74, 6) is 0.581. The smallest absolute Gasteiger partial charge is 0.407 e. The Balaban J connectivity index is 1.17. The number of thiazole rings is 1. The average molecular weight is 397 g/mol. The summed E-state index contributed by atoms with van der Waals surface area (Å²) in [4.78, 5) is 25.7. The fraction of sp³-hybridized carbons (Fsp3) is 0.368. The van der Waals surface area contributed by atoms with E-state index < -0.39 is 6.09 Å². The van der Waals surface area contributed by atoms with Gasteiger partial charge in [0.15, 0.2) is 5.13 Å². The van der Waals surface area contributed by atoms with Gasteiger partial charge in [-0.25, -0.2) is 14.8 Å². The van der Waals surface area contributed by atoms with Gasteiger partial charge in [0.25, 0.3) is 0 Å². The van der Waals surface area contributed by atoms with Crippen molar-refractivity contribution in [3.05, 3.63) is 42.4 Å². The first-order valence-electron chi connectivity index (χ1n) is 9.23. The highest BCUT2D eigenvalue weighted by molar-refractivity contribution is 7.22. The Morgan fingerprint density at radius 1 is 1.21 bits per heavy atom. The molecule has 2 N–H and O–H groups in total. The maximum absolute atomic E-state index is 11.0. The highest BCUT2D eigenvalue weighted by Crippen LogP contribution is 2.35. The molecule has 0 spiro atoms. The van der Waals surface area contributed by atoms with Gasteiger partial charge in [-0.3, -0.25) is 4.98 Å². The van der Waals surface area contributed by atoms with Crippen LogP contribution in [-0.4, -0.2) is 56.3 Å². The molecule has 0 atom stereocenters. The molecule has 1 saturated heterocycles. The van der Waals surface area contributed by atoms with Gasteiger partial charge in [-0.1, -0.05) is 23.5 Å². The molecule has 8 nitrogen and oxygen atoms in total. The number of carboxylic acid groups (broad SMARTS) is 1. The normalized spacial score (nSPS) is 21.8. The summed E-state index contributed by atoms with van der Waals surface area (Å²) < 4.78 is 7.24. The number of hydrogen-bond acceptors (Lipinski definition) is 7.